The SMILES string of the molecule is CCCC(=O)N[C@H]1CCCN(c2ccc([N+](=O)[O-])c(OC)c2)C1. The van der Waals surface area contributed by atoms with Gasteiger partial charge in [0.15, 0.2) is 5.75 Å². The maximum atomic E-state index is 11.7. The molecule has 2 rings (SSSR count). The fourth-order valence-corrected chi connectivity index (χ4v) is 2.87. The highest BCUT2D eigenvalue weighted by molar-refractivity contribution is 5.76. The van der Waals surface area contributed by atoms with E-state index in [4.69, 9.17) is 4.74 Å². The molecule has 23 heavy (non-hydrogen) atoms. The highest BCUT2D eigenvalue weighted by atomic mass is 16.6. The molecule has 1 heterocycles. The van der Waals surface area contributed by atoms with Gasteiger partial charge < -0.3 is 15.0 Å². The van der Waals surface area contributed by atoms with Gasteiger partial charge in [-0.1, -0.05) is 6.92 Å². The molecule has 1 aromatic rings. The van der Waals surface area contributed by atoms with Crippen LogP contribution in [0, 0.1) is 10.1 Å². The first kappa shape index (κ1) is 17.1. The van der Waals surface area contributed by atoms with Crippen molar-refractivity contribution in [3.8, 4) is 5.75 Å². The molecule has 1 N–H and O–H groups in total. The third kappa shape index (κ3) is 4.34. The molecule has 0 aliphatic carbocycles. The number of ether oxygens (including phenoxy) is 1. The Balaban J connectivity index is 2.09. The molecule has 1 atom stereocenters. The van der Waals surface area contributed by atoms with E-state index in [9.17, 15) is 14.9 Å². The number of nitrogens with zero attached hydrogens (tertiary/aromatic N) is 2. The molecule has 1 aromatic carbocycles. The molecule has 126 valence electrons. The van der Waals surface area contributed by atoms with Crippen LogP contribution in [0.1, 0.15) is 32.6 Å². The lowest BCUT2D eigenvalue weighted by Gasteiger charge is -2.34. The molecule has 1 amide bonds. The van der Waals surface area contributed by atoms with Crippen LogP contribution < -0.4 is 15.0 Å². The zero-order chi connectivity index (χ0) is 16.8. The predicted octanol–water partition coefficient (Wildman–Crippen LogP) is 2.49. The first-order valence-corrected chi connectivity index (χ1v) is 7.92. The number of anilines is 1. The molecule has 1 aliphatic rings. The van der Waals surface area contributed by atoms with Gasteiger partial charge in [0.25, 0.3) is 0 Å². The third-order valence-corrected chi connectivity index (χ3v) is 3.99. The van der Waals surface area contributed by atoms with Gasteiger partial charge in [0.05, 0.1) is 12.0 Å². The monoisotopic (exact) mass is 321 g/mol. The second-order valence-corrected chi connectivity index (χ2v) is 5.72. The lowest BCUT2D eigenvalue weighted by molar-refractivity contribution is -0.385. The van der Waals surface area contributed by atoms with E-state index in [1.165, 1.54) is 13.2 Å². The maximum Gasteiger partial charge on any atom is 0.311 e. The average Bonchev–Trinajstić information content (AvgIpc) is 2.54. The molecule has 0 radical (unpaired) electrons. The Labute approximate surface area is 135 Å². The molecule has 0 aromatic heterocycles. The molecule has 0 spiro atoms. The minimum absolute atomic E-state index is 0.0407. The van der Waals surface area contributed by atoms with Gasteiger partial charge in [0.2, 0.25) is 5.91 Å². The Kier molecular flexibility index (Phi) is 5.78. The first-order chi connectivity index (χ1) is 11.0. The molecule has 7 nitrogen and oxygen atoms in total. The Hall–Kier alpha value is -2.31. The summed E-state index contributed by atoms with van der Waals surface area (Å²) in [7, 11) is 1.43. The summed E-state index contributed by atoms with van der Waals surface area (Å²) in [4.78, 5) is 24.4. The normalized spacial score (nSPS) is 17.7. The summed E-state index contributed by atoms with van der Waals surface area (Å²) in [6.07, 6.45) is 3.30. The van der Waals surface area contributed by atoms with Crippen molar-refractivity contribution in [3.05, 3.63) is 28.3 Å². The van der Waals surface area contributed by atoms with Crippen LogP contribution in [-0.2, 0) is 4.79 Å². The highest BCUT2D eigenvalue weighted by Gasteiger charge is 2.23. The number of nitro benzene ring substituents is 1. The summed E-state index contributed by atoms with van der Waals surface area (Å²) in [5.74, 6) is 0.338. The van der Waals surface area contributed by atoms with Crippen molar-refractivity contribution in [1.29, 1.82) is 0 Å². The van der Waals surface area contributed by atoms with Crippen molar-refractivity contribution in [1.82, 2.24) is 5.32 Å². The number of amides is 1. The van der Waals surface area contributed by atoms with Gasteiger partial charge in [0, 0.05) is 43.4 Å². The molecule has 1 fully saturated rings. The Bertz CT molecular complexity index is 576. The number of hydrogen-bond donors (Lipinski definition) is 1. The topological polar surface area (TPSA) is 84.7 Å². The van der Waals surface area contributed by atoms with E-state index in [1.54, 1.807) is 12.1 Å². The summed E-state index contributed by atoms with van der Waals surface area (Å²) in [6, 6.07) is 5.00. The van der Waals surface area contributed by atoms with Crippen LogP contribution >= 0.6 is 0 Å². The summed E-state index contributed by atoms with van der Waals surface area (Å²) < 4.78 is 5.12. The molecular weight excluding hydrogens is 298 g/mol. The lowest BCUT2D eigenvalue weighted by Crippen LogP contribution is -2.47. The first-order valence-electron chi connectivity index (χ1n) is 7.92. The van der Waals surface area contributed by atoms with Crippen molar-refractivity contribution in [2.75, 3.05) is 25.1 Å². The maximum absolute atomic E-state index is 11.7. The standard InChI is InChI=1S/C16H23N3O4/c1-3-5-16(20)17-12-6-4-9-18(11-12)13-7-8-14(19(21)22)15(10-13)23-2/h7-8,10,12H,3-6,9,11H2,1-2H3,(H,17,20)/t12-/m0/s1. The van der Waals surface area contributed by atoms with Gasteiger partial charge in [0.1, 0.15) is 0 Å². The van der Waals surface area contributed by atoms with Gasteiger partial charge in [-0.25, -0.2) is 0 Å². The summed E-state index contributed by atoms with van der Waals surface area (Å²) >= 11 is 0. The number of carbonyl (C=O) groups excluding carboxylic acids is 1. The zero-order valence-corrected chi connectivity index (χ0v) is 13.6. The zero-order valence-electron chi connectivity index (χ0n) is 13.6. The molecule has 0 bridgehead atoms. The number of rotatable bonds is 6. The van der Waals surface area contributed by atoms with E-state index in [0.717, 1.165) is 31.5 Å². The Morgan fingerprint density at radius 2 is 2.30 bits per heavy atom. The van der Waals surface area contributed by atoms with Crippen molar-refractivity contribution in [3.63, 3.8) is 0 Å². The van der Waals surface area contributed by atoms with Gasteiger partial charge in [-0.05, 0) is 25.3 Å². The molecule has 1 saturated heterocycles. The Morgan fingerprint density at radius 1 is 1.52 bits per heavy atom. The van der Waals surface area contributed by atoms with Gasteiger partial charge in [-0.15, -0.1) is 0 Å². The molecule has 0 unspecified atom stereocenters. The van der Waals surface area contributed by atoms with E-state index < -0.39 is 4.92 Å². The van der Waals surface area contributed by atoms with Crippen molar-refractivity contribution >= 4 is 17.3 Å². The number of carbonyl (C=O) groups is 1. The van der Waals surface area contributed by atoms with Crippen LogP contribution in [0.2, 0.25) is 0 Å². The van der Waals surface area contributed by atoms with Crippen LogP contribution in [0.15, 0.2) is 18.2 Å². The quantitative estimate of drug-likeness (QED) is 0.643. The third-order valence-electron chi connectivity index (χ3n) is 3.99. The summed E-state index contributed by atoms with van der Waals surface area (Å²) in [5.41, 5.74) is 0.836. The molecule has 1 aliphatic heterocycles. The fraction of sp³-hybridized carbons (Fsp3) is 0.562. The van der Waals surface area contributed by atoms with Crippen LogP contribution in [0.4, 0.5) is 11.4 Å². The van der Waals surface area contributed by atoms with Crippen molar-refractivity contribution in [2.24, 2.45) is 0 Å². The van der Waals surface area contributed by atoms with Crippen LogP contribution in [-0.4, -0.2) is 37.1 Å². The van der Waals surface area contributed by atoms with Gasteiger partial charge in [-0.3, -0.25) is 14.9 Å². The number of hydrogen-bond acceptors (Lipinski definition) is 5. The van der Waals surface area contributed by atoms with Gasteiger partial charge in [-0.2, -0.15) is 0 Å². The second kappa shape index (κ2) is 7.80. The number of nitrogens with one attached hydrogen (secondary N) is 1. The van der Waals surface area contributed by atoms with E-state index in [-0.39, 0.29) is 23.4 Å². The minimum atomic E-state index is -0.452. The van der Waals surface area contributed by atoms with Crippen LogP contribution in [0.25, 0.3) is 0 Å². The summed E-state index contributed by atoms with van der Waals surface area (Å²) in [5, 5.41) is 14.0. The molecule has 7 heteroatoms. The average molecular weight is 321 g/mol. The van der Waals surface area contributed by atoms with E-state index in [1.807, 2.05) is 6.92 Å². The predicted molar refractivity (Wildman–Crippen MR) is 87.9 cm³/mol. The fourth-order valence-electron chi connectivity index (χ4n) is 2.87. The molecule has 0 saturated carbocycles. The smallest absolute Gasteiger partial charge is 0.311 e. The van der Waals surface area contributed by atoms with Crippen molar-refractivity contribution in [2.45, 2.75) is 38.6 Å². The second-order valence-electron chi connectivity index (χ2n) is 5.72. The highest BCUT2D eigenvalue weighted by Crippen LogP contribution is 2.32. The summed E-state index contributed by atoms with van der Waals surface area (Å²) in [6.45, 7) is 3.55. The molecular formula is C16H23N3O4. The van der Waals surface area contributed by atoms with E-state index >= 15 is 0 Å². The van der Waals surface area contributed by atoms with E-state index in [0.29, 0.717) is 13.0 Å². The number of benzene rings is 1. The van der Waals surface area contributed by atoms with Crippen LogP contribution in [0.5, 0.6) is 5.75 Å². The Morgan fingerprint density at radius 3 is 2.96 bits per heavy atom. The minimum Gasteiger partial charge on any atom is -0.490 e. The van der Waals surface area contributed by atoms with Crippen molar-refractivity contribution < 1.29 is 14.5 Å². The lowest BCUT2D eigenvalue weighted by atomic mass is 10.0. The van der Waals surface area contributed by atoms with Crippen LogP contribution in [0.3, 0.4) is 0 Å². The van der Waals surface area contributed by atoms with E-state index in [2.05, 4.69) is 10.2 Å². The number of piperidine rings is 1. The number of methoxy groups -OCH3 is 1. The number of nitro groups is 1. The largest absolute Gasteiger partial charge is 0.490 e. The van der Waals surface area contributed by atoms with Gasteiger partial charge >= 0.3 is 5.69 Å².